The maximum absolute atomic E-state index is 6.49. The van der Waals surface area contributed by atoms with Gasteiger partial charge in [-0.25, -0.2) is 0 Å². The molecule has 1 heterocycles. The zero-order valence-corrected chi connectivity index (χ0v) is 21.9. The minimum Gasteiger partial charge on any atom is -0.485 e. The Morgan fingerprint density at radius 1 is 1.00 bits per heavy atom. The van der Waals surface area contributed by atoms with Crippen molar-refractivity contribution in [3.05, 3.63) is 94.0 Å². The molecule has 1 aliphatic rings. The van der Waals surface area contributed by atoms with Gasteiger partial charge in [-0.05, 0) is 62.6 Å². The Labute approximate surface area is 214 Å². The van der Waals surface area contributed by atoms with E-state index in [9.17, 15) is 0 Å². The van der Waals surface area contributed by atoms with E-state index in [2.05, 4.69) is 69.4 Å². The number of ether oxygens (including phenoxy) is 3. The van der Waals surface area contributed by atoms with Crippen LogP contribution in [0.5, 0.6) is 5.75 Å². The van der Waals surface area contributed by atoms with Gasteiger partial charge < -0.3 is 19.5 Å². The molecule has 5 heteroatoms. The quantitative estimate of drug-likeness (QED) is 0.291. The lowest BCUT2D eigenvalue weighted by Gasteiger charge is -2.44. The summed E-state index contributed by atoms with van der Waals surface area (Å²) in [5, 5.41) is 4.25. The van der Waals surface area contributed by atoms with Gasteiger partial charge in [0.15, 0.2) is 0 Å². The molecule has 0 radical (unpaired) electrons. The Bertz CT molecular complexity index is 1110. The Kier molecular flexibility index (Phi) is 8.38. The van der Waals surface area contributed by atoms with E-state index in [4.69, 9.17) is 25.8 Å². The van der Waals surface area contributed by atoms with Crippen molar-refractivity contribution in [2.45, 2.75) is 71.5 Å². The van der Waals surface area contributed by atoms with Gasteiger partial charge in [-0.15, -0.1) is 0 Å². The Balaban J connectivity index is 1.58. The number of aryl methyl sites for hydroxylation is 1. The highest BCUT2D eigenvalue weighted by molar-refractivity contribution is 6.31. The molecule has 1 aliphatic heterocycles. The first kappa shape index (κ1) is 25.6. The molecule has 0 bridgehead atoms. The number of benzene rings is 3. The highest BCUT2D eigenvalue weighted by atomic mass is 35.5. The third kappa shape index (κ3) is 6.38. The lowest BCUT2D eigenvalue weighted by Crippen LogP contribution is -2.51. The van der Waals surface area contributed by atoms with Crippen LogP contribution in [0.2, 0.25) is 5.02 Å². The molecular formula is C30H36ClNO3. The van der Waals surface area contributed by atoms with Crippen molar-refractivity contribution in [1.29, 1.82) is 0 Å². The number of unbranched alkanes of at least 4 members (excludes halogenated alkanes) is 1. The van der Waals surface area contributed by atoms with Crippen LogP contribution in [0.15, 0.2) is 66.7 Å². The molecule has 0 spiro atoms. The fourth-order valence-corrected chi connectivity index (χ4v) is 4.56. The van der Waals surface area contributed by atoms with Gasteiger partial charge in [-0.3, -0.25) is 0 Å². The van der Waals surface area contributed by atoms with Gasteiger partial charge in [0.05, 0.1) is 6.61 Å². The summed E-state index contributed by atoms with van der Waals surface area (Å²) in [6.45, 7) is 10.2. The van der Waals surface area contributed by atoms with Crippen LogP contribution in [0.1, 0.15) is 62.0 Å². The van der Waals surface area contributed by atoms with Gasteiger partial charge in [-0.1, -0.05) is 73.0 Å². The third-order valence-electron chi connectivity index (χ3n) is 6.44. The maximum atomic E-state index is 6.49. The zero-order valence-electron chi connectivity index (χ0n) is 21.1. The molecule has 1 N–H and O–H groups in total. The number of nitrogens with one attached hydrogen (secondary N) is 1. The van der Waals surface area contributed by atoms with Crippen LogP contribution in [-0.2, 0) is 22.6 Å². The number of fused-ring (bicyclic) bond motifs is 1. The van der Waals surface area contributed by atoms with Crippen molar-refractivity contribution in [3.8, 4) is 5.75 Å². The zero-order chi connectivity index (χ0) is 24.8. The standard InChI is InChI=1S/C30H36ClNO3/c1-5-6-17-33-28-25-18-24(32-19-22-13-11-21(2)12-14-22)15-16-27(25)35-30(3,4)29(28)34-20-23-9-7-8-10-26(23)31/h7-16,18,28-29,32H,5-6,17,19-20H2,1-4H3. The van der Waals surface area contributed by atoms with E-state index in [1.165, 1.54) is 11.1 Å². The van der Waals surface area contributed by atoms with Gasteiger partial charge in [0.1, 0.15) is 23.6 Å². The van der Waals surface area contributed by atoms with Crippen LogP contribution >= 0.6 is 11.6 Å². The molecule has 35 heavy (non-hydrogen) atoms. The van der Waals surface area contributed by atoms with Crippen molar-refractivity contribution in [2.24, 2.45) is 0 Å². The molecule has 3 aromatic carbocycles. The highest BCUT2D eigenvalue weighted by Gasteiger charge is 2.45. The highest BCUT2D eigenvalue weighted by Crippen LogP contribution is 2.45. The summed E-state index contributed by atoms with van der Waals surface area (Å²) < 4.78 is 19.4. The Hall–Kier alpha value is -2.53. The van der Waals surface area contributed by atoms with Crippen molar-refractivity contribution < 1.29 is 14.2 Å². The normalized spacial score (nSPS) is 18.5. The monoisotopic (exact) mass is 493 g/mol. The van der Waals surface area contributed by atoms with Crippen molar-refractivity contribution in [3.63, 3.8) is 0 Å². The molecule has 4 rings (SSSR count). The van der Waals surface area contributed by atoms with E-state index in [0.717, 1.165) is 42.0 Å². The minimum absolute atomic E-state index is 0.246. The second-order valence-corrected chi connectivity index (χ2v) is 10.2. The van der Waals surface area contributed by atoms with Crippen molar-refractivity contribution >= 4 is 17.3 Å². The van der Waals surface area contributed by atoms with Gasteiger partial charge in [-0.2, -0.15) is 0 Å². The van der Waals surface area contributed by atoms with E-state index in [0.29, 0.717) is 18.2 Å². The van der Waals surface area contributed by atoms with Crippen LogP contribution in [0, 0.1) is 6.92 Å². The summed E-state index contributed by atoms with van der Waals surface area (Å²) >= 11 is 6.40. The topological polar surface area (TPSA) is 39.7 Å². The first-order valence-electron chi connectivity index (χ1n) is 12.5. The lowest BCUT2D eigenvalue weighted by atomic mass is 9.87. The minimum atomic E-state index is -0.567. The van der Waals surface area contributed by atoms with Gasteiger partial charge in [0.2, 0.25) is 0 Å². The lowest BCUT2D eigenvalue weighted by molar-refractivity contribution is -0.167. The molecule has 3 aromatic rings. The summed E-state index contributed by atoms with van der Waals surface area (Å²) in [6.07, 6.45) is 1.53. The number of hydrogen-bond donors (Lipinski definition) is 1. The smallest absolute Gasteiger partial charge is 0.132 e. The molecule has 2 unspecified atom stereocenters. The summed E-state index contributed by atoms with van der Waals surface area (Å²) in [7, 11) is 0. The molecule has 0 saturated heterocycles. The first-order valence-corrected chi connectivity index (χ1v) is 12.8. The van der Waals surface area contributed by atoms with E-state index >= 15 is 0 Å². The SMILES string of the molecule is CCCCOC1c2cc(NCc3ccc(C)cc3)ccc2OC(C)(C)C1OCc1ccccc1Cl. The molecule has 0 saturated carbocycles. The summed E-state index contributed by atoms with van der Waals surface area (Å²) in [4.78, 5) is 0. The molecule has 0 aromatic heterocycles. The van der Waals surface area contributed by atoms with Gasteiger partial charge in [0, 0.05) is 29.4 Å². The first-order chi connectivity index (χ1) is 16.9. The number of anilines is 1. The Morgan fingerprint density at radius 3 is 2.51 bits per heavy atom. The van der Waals surface area contributed by atoms with Crippen LogP contribution in [0.3, 0.4) is 0 Å². The number of halogens is 1. The number of rotatable bonds is 10. The molecule has 4 nitrogen and oxygen atoms in total. The third-order valence-corrected chi connectivity index (χ3v) is 6.81. The van der Waals surface area contributed by atoms with Crippen LogP contribution in [0.25, 0.3) is 0 Å². The fourth-order valence-electron chi connectivity index (χ4n) is 4.37. The molecule has 0 amide bonds. The second kappa shape index (κ2) is 11.5. The summed E-state index contributed by atoms with van der Waals surface area (Å²) in [5.41, 5.74) is 4.93. The average Bonchev–Trinajstić information content (AvgIpc) is 2.84. The van der Waals surface area contributed by atoms with Gasteiger partial charge in [0.25, 0.3) is 0 Å². The molecule has 186 valence electrons. The van der Waals surface area contributed by atoms with E-state index in [-0.39, 0.29) is 12.2 Å². The molecule has 2 atom stereocenters. The largest absolute Gasteiger partial charge is 0.485 e. The molecular weight excluding hydrogens is 458 g/mol. The van der Waals surface area contributed by atoms with Crippen molar-refractivity contribution in [2.75, 3.05) is 11.9 Å². The molecule has 0 fully saturated rings. The summed E-state index contributed by atoms with van der Waals surface area (Å²) in [6, 6.07) is 22.6. The van der Waals surface area contributed by atoms with E-state index in [1.807, 2.05) is 30.3 Å². The summed E-state index contributed by atoms with van der Waals surface area (Å²) in [5.74, 6) is 0.843. The van der Waals surface area contributed by atoms with E-state index in [1.54, 1.807) is 0 Å². The maximum Gasteiger partial charge on any atom is 0.132 e. The molecule has 0 aliphatic carbocycles. The van der Waals surface area contributed by atoms with E-state index < -0.39 is 5.60 Å². The fraction of sp³-hybridized carbons (Fsp3) is 0.400. The predicted octanol–water partition coefficient (Wildman–Crippen LogP) is 7.87. The van der Waals surface area contributed by atoms with Crippen LogP contribution in [0.4, 0.5) is 5.69 Å². The van der Waals surface area contributed by atoms with Crippen LogP contribution in [-0.4, -0.2) is 18.3 Å². The van der Waals surface area contributed by atoms with Crippen LogP contribution < -0.4 is 10.1 Å². The number of hydrogen-bond acceptors (Lipinski definition) is 4. The average molecular weight is 494 g/mol. The Morgan fingerprint density at radius 2 is 1.77 bits per heavy atom. The second-order valence-electron chi connectivity index (χ2n) is 9.77. The predicted molar refractivity (Wildman–Crippen MR) is 143 cm³/mol. The van der Waals surface area contributed by atoms with Crippen molar-refractivity contribution in [1.82, 2.24) is 0 Å². The van der Waals surface area contributed by atoms with Gasteiger partial charge >= 0.3 is 0 Å².